The molecule has 150 valence electrons. The number of nitrogens with zero attached hydrogens (tertiary/aromatic N) is 1. The molecule has 9 heteroatoms. The second-order valence-corrected chi connectivity index (χ2v) is 8.67. The maximum absolute atomic E-state index is 12.3. The number of carbonyl (C=O) groups excluding carboxylic acids is 1. The summed E-state index contributed by atoms with van der Waals surface area (Å²) in [7, 11) is 0. The summed E-state index contributed by atoms with van der Waals surface area (Å²) < 4.78 is 0. The van der Waals surface area contributed by atoms with Crippen LogP contribution in [0.25, 0.3) is 0 Å². The highest BCUT2D eigenvalue weighted by molar-refractivity contribution is 7.80. The number of halogens is 2. The number of thiocarbonyl (C=S) groups is 1. The lowest BCUT2D eigenvalue weighted by Gasteiger charge is -2.12. The van der Waals surface area contributed by atoms with Crippen molar-refractivity contribution in [3.8, 4) is 0 Å². The number of hydrogen-bond acceptors (Lipinski definition) is 4. The van der Waals surface area contributed by atoms with Crippen molar-refractivity contribution >= 4 is 74.8 Å². The van der Waals surface area contributed by atoms with Gasteiger partial charge in [0.25, 0.3) is 5.91 Å². The van der Waals surface area contributed by atoms with Crippen LogP contribution in [0.5, 0.6) is 0 Å². The van der Waals surface area contributed by atoms with Crippen molar-refractivity contribution in [3.05, 3.63) is 68.6 Å². The molecule has 0 aliphatic carbocycles. The summed E-state index contributed by atoms with van der Waals surface area (Å²) in [5, 5.41) is 13.1. The van der Waals surface area contributed by atoms with E-state index in [0.717, 1.165) is 10.7 Å². The summed E-state index contributed by atoms with van der Waals surface area (Å²) >= 11 is 18.8. The third-order valence-corrected chi connectivity index (χ3v) is 5.56. The van der Waals surface area contributed by atoms with Crippen molar-refractivity contribution in [2.24, 2.45) is 0 Å². The molecule has 0 aliphatic rings. The van der Waals surface area contributed by atoms with E-state index in [-0.39, 0.29) is 5.91 Å². The van der Waals surface area contributed by atoms with Crippen LogP contribution >= 0.6 is 46.8 Å². The standard InChI is InChI=1S/C20H18Cl2N4OS2/c1-11(2)19-26-17(10-29-19)18(27)23-14-3-5-15(6-4-14)24-20(28)25-16-8-12(21)7-13(22)9-16/h3-11H,1-2H3,(H,23,27)(H2,24,25,28). The van der Waals surface area contributed by atoms with Crippen LogP contribution < -0.4 is 16.0 Å². The molecule has 0 unspecified atom stereocenters. The van der Waals surface area contributed by atoms with Crippen LogP contribution in [-0.4, -0.2) is 16.0 Å². The maximum atomic E-state index is 12.3. The molecule has 0 saturated carbocycles. The highest BCUT2D eigenvalue weighted by Crippen LogP contribution is 2.23. The van der Waals surface area contributed by atoms with Crippen molar-refractivity contribution in [1.29, 1.82) is 0 Å². The minimum atomic E-state index is -0.233. The summed E-state index contributed by atoms with van der Waals surface area (Å²) in [5.41, 5.74) is 2.55. The van der Waals surface area contributed by atoms with Gasteiger partial charge in [0, 0.05) is 38.4 Å². The SMILES string of the molecule is CC(C)c1nc(C(=O)Nc2ccc(NC(=S)Nc3cc(Cl)cc(Cl)c3)cc2)cs1. The lowest BCUT2D eigenvalue weighted by molar-refractivity contribution is 0.102. The molecule has 3 rings (SSSR count). The van der Waals surface area contributed by atoms with E-state index in [2.05, 4.69) is 20.9 Å². The van der Waals surface area contributed by atoms with E-state index in [1.54, 1.807) is 35.7 Å². The number of benzene rings is 2. The minimum absolute atomic E-state index is 0.233. The monoisotopic (exact) mass is 464 g/mol. The van der Waals surface area contributed by atoms with Gasteiger partial charge in [-0.2, -0.15) is 0 Å². The van der Waals surface area contributed by atoms with Crippen LogP contribution in [0.4, 0.5) is 17.1 Å². The molecule has 0 bridgehead atoms. The zero-order valence-corrected chi connectivity index (χ0v) is 18.8. The van der Waals surface area contributed by atoms with Gasteiger partial charge in [-0.15, -0.1) is 11.3 Å². The van der Waals surface area contributed by atoms with Crippen LogP contribution in [0, 0.1) is 0 Å². The van der Waals surface area contributed by atoms with Crippen LogP contribution in [0.15, 0.2) is 47.8 Å². The first-order valence-electron chi connectivity index (χ1n) is 8.71. The van der Waals surface area contributed by atoms with Gasteiger partial charge >= 0.3 is 0 Å². The molecule has 2 aromatic carbocycles. The van der Waals surface area contributed by atoms with Crippen molar-refractivity contribution < 1.29 is 4.79 Å². The highest BCUT2D eigenvalue weighted by atomic mass is 35.5. The predicted octanol–water partition coefficient (Wildman–Crippen LogP) is 6.63. The fourth-order valence-electron chi connectivity index (χ4n) is 2.41. The van der Waals surface area contributed by atoms with Gasteiger partial charge in [0.1, 0.15) is 5.69 Å². The van der Waals surface area contributed by atoms with Crippen molar-refractivity contribution in [1.82, 2.24) is 4.98 Å². The van der Waals surface area contributed by atoms with Crippen molar-refractivity contribution in [2.75, 3.05) is 16.0 Å². The molecule has 0 saturated heterocycles. The third kappa shape index (κ3) is 6.14. The number of anilines is 3. The van der Waals surface area contributed by atoms with Crippen molar-refractivity contribution in [2.45, 2.75) is 19.8 Å². The number of thiazole rings is 1. The smallest absolute Gasteiger partial charge is 0.275 e. The van der Waals surface area contributed by atoms with E-state index >= 15 is 0 Å². The van der Waals surface area contributed by atoms with Gasteiger partial charge < -0.3 is 16.0 Å². The zero-order chi connectivity index (χ0) is 21.0. The summed E-state index contributed by atoms with van der Waals surface area (Å²) in [6.07, 6.45) is 0. The zero-order valence-electron chi connectivity index (χ0n) is 15.6. The first-order chi connectivity index (χ1) is 13.8. The fraction of sp³-hybridized carbons (Fsp3) is 0.150. The van der Waals surface area contributed by atoms with Crippen LogP contribution in [0.1, 0.15) is 35.3 Å². The fourth-order valence-corrected chi connectivity index (χ4v) is 3.99. The minimum Gasteiger partial charge on any atom is -0.332 e. The number of nitrogens with one attached hydrogen (secondary N) is 3. The Morgan fingerprint density at radius 2 is 1.52 bits per heavy atom. The average Bonchev–Trinajstić information content (AvgIpc) is 3.13. The van der Waals surface area contributed by atoms with Gasteiger partial charge in [0.05, 0.1) is 5.01 Å². The second kappa shape index (κ2) is 9.54. The molecule has 0 atom stereocenters. The Morgan fingerprint density at radius 1 is 0.966 bits per heavy atom. The lowest BCUT2D eigenvalue weighted by atomic mass is 10.2. The van der Waals surface area contributed by atoms with Gasteiger partial charge in [-0.1, -0.05) is 37.0 Å². The molecule has 3 N–H and O–H groups in total. The molecule has 0 aliphatic heterocycles. The van der Waals surface area contributed by atoms with Gasteiger partial charge in [0.2, 0.25) is 0 Å². The average molecular weight is 465 g/mol. The van der Waals surface area contributed by atoms with Crippen LogP contribution in [0.3, 0.4) is 0 Å². The number of carbonyl (C=O) groups is 1. The molecular weight excluding hydrogens is 447 g/mol. The Bertz CT molecular complexity index is 1010. The van der Waals surface area contributed by atoms with E-state index in [9.17, 15) is 4.79 Å². The normalized spacial score (nSPS) is 10.7. The van der Waals surface area contributed by atoms with E-state index < -0.39 is 0 Å². The Morgan fingerprint density at radius 3 is 2.07 bits per heavy atom. The summed E-state index contributed by atoms with van der Waals surface area (Å²) in [6, 6.07) is 12.3. The van der Waals surface area contributed by atoms with E-state index in [1.165, 1.54) is 11.3 Å². The first kappa shape index (κ1) is 21.5. The van der Waals surface area contributed by atoms with Crippen molar-refractivity contribution in [3.63, 3.8) is 0 Å². The third-order valence-electron chi connectivity index (χ3n) is 3.77. The molecular formula is C20H18Cl2N4OS2. The summed E-state index contributed by atoms with van der Waals surface area (Å²) in [6.45, 7) is 4.10. The molecule has 0 fully saturated rings. The van der Waals surface area contributed by atoms with Gasteiger partial charge in [-0.3, -0.25) is 4.79 Å². The topological polar surface area (TPSA) is 66.0 Å². The van der Waals surface area contributed by atoms with Gasteiger partial charge in [-0.05, 0) is 54.7 Å². The molecule has 0 radical (unpaired) electrons. The number of hydrogen-bond donors (Lipinski definition) is 3. The predicted molar refractivity (Wildman–Crippen MR) is 127 cm³/mol. The van der Waals surface area contributed by atoms with Crippen LogP contribution in [-0.2, 0) is 0 Å². The number of rotatable bonds is 5. The molecule has 1 amide bonds. The Labute approximate surface area is 188 Å². The molecule has 5 nitrogen and oxygen atoms in total. The van der Waals surface area contributed by atoms with Gasteiger partial charge in [-0.25, -0.2) is 4.98 Å². The molecule has 0 spiro atoms. The Hall–Kier alpha value is -2.19. The maximum Gasteiger partial charge on any atom is 0.275 e. The molecule has 1 heterocycles. The largest absolute Gasteiger partial charge is 0.332 e. The van der Waals surface area contributed by atoms with E-state index in [1.807, 2.05) is 26.0 Å². The first-order valence-corrected chi connectivity index (χ1v) is 10.8. The second-order valence-electron chi connectivity index (χ2n) is 6.49. The number of amides is 1. The Kier molecular flexibility index (Phi) is 7.08. The summed E-state index contributed by atoms with van der Waals surface area (Å²) in [4.78, 5) is 16.7. The van der Waals surface area contributed by atoms with Crippen LogP contribution in [0.2, 0.25) is 10.0 Å². The number of aromatic nitrogens is 1. The molecule has 1 aromatic heterocycles. The molecule has 29 heavy (non-hydrogen) atoms. The van der Waals surface area contributed by atoms with Gasteiger partial charge in [0.15, 0.2) is 5.11 Å². The Balaban J connectivity index is 1.57. The molecule has 3 aromatic rings. The van der Waals surface area contributed by atoms with E-state index in [0.29, 0.717) is 38.1 Å². The highest BCUT2D eigenvalue weighted by Gasteiger charge is 2.12. The van der Waals surface area contributed by atoms with E-state index in [4.69, 9.17) is 35.4 Å². The quantitative estimate of drug-likeness (QED) is 0.369. The summed E-state index contributed by atoms with van der Waals surface area (Å²) in [5.74, 6) is 0.0659. The lowest BCUT2D eigenvalue weighted by Crippen LogP contribution is -2.19.